The van der Waals surface area contributed by atoms with E-state index >= 15 is 0 Å². The Hall–Kier alpha value is -2.04. The Morgan fingerprint density at radius 1 is 1.05 bits per heavy atom. The van der Waals surface area contributed by atoms with E-state index in [4.69, 9.17) is 11.6 Å². The summed E-state index contributed by atoms with van der Waals surface area (Å²) in [6.45, 7) is 0. The van der Waals surface area contributed by atoms with E-state index < -0.39 is 0 Å². The largest absolute Gasteiger partial charge is 0.276 e. The summed E-state index contributed by atoms with van der Waals surface area (Å²) in [5, 5.41) is 0.259. The molecule has 3 nitrogen and oxygen atoms in total. The van der Waals surface area contributed by atoms with Crippen molar-refractivity contribution in [3.05, 3.63) is 71.0 Å². The van der Waals surface area contributed by atoms with Crippen LogP contribution in [-0.2, 0) is 5.75 Å². The number of imidazole rings is 1. The molecule has 5 heteroatoms. The molecule has 0 saturated carbocycles. The van der Waals surface area contributed by atoms with Gasteiger partial charge in [0.15, 0.2) is 5.82 Å². The van der Waals surface area contributed by atoms with E-state index in [0.29, 0.717) is 5.82 Å². The Balaban J connectivity index is 1.73. The molecule has 0 saturated heterocycles. The molecule has 0 aliphatic carbocycles. The predicted molar refractivity (Wildman–Crippen MR) is 90.9 cm³/mol. The topological polar surface area (TPSA) is 34.9 Å². The van der Waals surface area contributed by atoms with Crippen molar-refractivity contribution in [3.63, 3.8) is 0 Å². The minimum atomic E-state index is -0.194. The zero-order chi connectivity index (χ0) is 15.1. The minimum absolute atomic E-state index is 0.194. The molecule has 1 aromatic heterocycles. The number of halogens is 1. The number of carbonyl (C=O) groups is 1. The molecule has 0 radical (unpaired) electrons. The van der Waals surface area contributed by atoms with Crippen molar-refractivity contribution in [1.29, 1.82) is 0 Å². The van der Waals surface area contributed by atoms with Crippen LogP contribution < -0.4 is 0 Å². The summed E-state index contributed by atoms with van der Waals surface area (Å²) in [6.07, 6.45) is 0. The van der Waals surface area contributed by atoms with Crippen LogP contribution in [-0.4, -0.2) is 15.5 Å². The number of rotatable bonds is 3. The highest BCUT2D eigenvalue weighted by Gasteiger charge is 2.32. The van der Waals surface area contributed by atoms with Gasteiger partial charge in [-0.25, -0.2) is 4.98 Å². The van der Waals surface area contributed by atoms with Gasteiger partial charge in [0.2, 0.25) is 0 Å². The van der Waals surface area contributed by atoms with Crippen molar-refractivity contribution in [2.75, 3.05) is 0 Å². The molecule has 108 valence electrons. The molecule has 22 heavy (non-hydrogen) atoms. The predicted octanol–water partition coefficient (Wildman–Crippen LogP) is 4.53. The van der Waals surface area contributed by atoms with Gasteiger partial charge in [-0.05, 0) is 17.7 Å². The van der Waals surface area contributed by atoms with Crippen LogP contribution in [0.2, 0.25) is 0 Å². The van der Waals surface area contributed by atoms with Gasteiger partial charge in [-0.15, -0.1) is 11.8 Å². The van der Waals surface area contributed by atoms with Crippen molar-refractivity contribution in [3.8, 4) is 0 Å². The quantitative estimate of drug-likeness (QED) is 0.709. The molecule has 0 N–H and O–H groups in total. The number of carbonyl (C=O) groups excluding carboxylic acids is 1. The first kappa shape index (κ1) is 13.6. The van der Waals surface area contributed by atoms with Crippen LogP contribution in [0.25, 0.3) is 15.9 Å². The van der Waals surface area contributed by atoms with Crippen molar-refractivity contribution in [2.24, 2.45) is 0 Å². The Labute approximate surface area is 136 Å². The number of benzene rings is 2. The average molecular weight is 327 g/mol. The van der Waals surface area contributed by atoms with Crippen molar-refractivity contribution in [2.45, 2.75) is 5.75 Å². The van der Waals surface area contributed by atoms with Crippen LogP contribution >= 0.6 is 23.4 Å². The van der Waals surface area contributed by atoms with Crippen LogP contribution in [0.1, 0.15) is 16.2 Å². The van der Waals surface area contributed by atoms with Crippen LogP contribution in [0.4, 0.5) is 0 Å². The average Bonchev–Trinajstić information content (AvgIpc) is 3.03. The Bertz CT molecular complexity index is 915. The number of nitrogens with zero attached hydrogens (tertiary/aromatic N) is 2. The Morgan fingerprint density at radius 2 is 1.77 bits per heavy atom. The van der Waals surface area contributed by atoms with E-state index in [0.717, 1.165) is 21.7 Å². The number of aromatic nitrogens is 2. The molecule has 0 spiro atoms. The number of fused-ring (bicyclic) bond motifs is 3. The van der Waals surface area contributed by atoms with Gasteiger partial charge >= 0.3 is 0 Å². The van der Waals surface area contributed by atoms with Gasteiger partial charge in [0.1, 0.15) is 5.03 Å². The van der Waals surface area contributed by atoms with E-state index in [2.05, 4.69) is 17.1 Å². The van der Waals surface area contributed by atoms with Crippen LogP contribution in [0.3, 0.4) is 0 Å². The lowest BCUT2D eigenvalue weighted by molar-refractivity contribution is 0.0973. The molecule has 2 heterocycles. The Morgan fingerprint density at radius 3 is 2.59 bits per heavy atom. The third-order valence-electron chi connectivity index (χ3n) is 3.58. The van der Waals surface area contributed by atoms with Gasteiger partial charge in [0.25, 0.3) is 5.91 Å². The van der Waals surface area contributed by atoms with E-state index in [-0.39, 0.29) is 10.9 Å². The maximum absolute atomic E-state index is 12.4. The zero-order valence-electron chi connectivity index (χ0n) is 11.5. The molecule has 0 fully saturated rings. The molecule has 1 aliphatic heterocycles. The summed E-state index contributed by atoms with van der Waals surface area (Å²) in [4.78, 5) is 17.7. The zero-order valence-corrected chi connectivity index (χ0v) is 13.1. The Kier molecular flexibility index (Phi) is 3.28. The number of hydrogen-bond acceptors (Lipinski definition) is 3. The number of allylic oxidation sites excluding steroid dienone is 1. The first-order chi connectivity index (χ1) is 10.8. The highest BCUT2D eigenvalue weighted by atomic mass is 35.5. The molecular weight excluding hydrogens is 316 g/mol. The minimum Gasteiger partial charge on any atom is -0.267 e. The third-order valence-corrected chi connectivity index (χ3v) is 5.20. The van der Waals surface area contributed by atoms with Crippen LogP contribution in [0.5, 0.6) is 0 Å². The fraction of sp³-hybridized carbons (Fsp3) is 0.0588. The standard InChI is InChI=1S/C17H11ClN2OS/c18-14-15(22-10-11-6-2-1-3-7-11)16-19-12-8-4-5-9-13(12)20(16)17(14)21/h1-9H,10H2. The van der Waals surface area contributed by atoms with Crippen molar-refractivity contribution in [1.82, 2.24) is 9.55 Å². The molecule has 2 aromatic carbocycles. The fourth-order valence-electron chi connectivity index (χ4n) is 2.53. The molecule has 0 amide bonds. The lowest BCUT2D eigenvalue weighted by atomic mass is 10.2. The highest BCUT2D eigenvalue weighted by molar-refractivity contribution is 8.07. The van der Waals surface area contributed by atoms with Crippen molar-refractivity contribution < 1.29 is 4.79 Å². The van der Waals surface area contributed by atoms with Gasteiger partial charge in [0, 0.05) is 5.75 Å². The number of hydrogen-bond donors (Lipinski definition) is 0. The number of thioether (sulfide) groups is 1. The first-order valence-corrected chi connectivity index (χ1v) is 8.21. The summed E-state index contributed by atoms with van der Waals surface area (Å²) in [5.74, 6) is 1.21. The molecule has 4 rings (SSSR count). The van der Waals surface area contributed by atoms with Crippen LogP contribution in [0.15, 0.2) is 59.6 Å². The van der Waals surface area contributed by atoms with Gasteiger partial charge in [0.05, 0.1) is 15.9 Å². The van der Waals surface area contributed by atoms with Crippen molar-refractivity contribution >= 4 is 45.2 Å². The normalized spacial score (nSPS) is 14.0. The van der Waals surface area contributed by atoms with E-state index in [1.165, 1.54) is 5.56 Å². The fourth-order valence-corrected chi connectivity index (χ4v) is 3.85. The van der Waals surface area contributed by atoms with Gasteiger partial charge < -0.3 is 0 Å². The van der Waals surface area contributed by atoms with Gasteiger partial charge in [-0.3, -0.25) is 9.36 Å². The molecule has 0 unspecified atom stereocenters. The highest BCUT2D eigenvalue weighted by Crippen LogP contribution is 2.41. The third kappa shape index (κ3) is 2.07. The van der Waals surface area contributed by atoms with Crippen LogP contribution in [0, 0.1) is 0 Å². The summed E-state index contributed by atoms with van der Waals surface area (Å²) in [5.41, 5.74) is 2.80. The summed E-state index contributed by atoms with van der Waals surface area (Å²) in [6, 6.07) is 17.7. The second-order valence-corrected chi connectivity index (χ2v) is 6.35. The lowest BCUT2D eigenvalue weighted by Crippen LogP contribution is -2.05. The maximum Gasteiger partial charge on any atom is 0.276 e. The molecular formula is C17H11ClN2OS. The summed E-state index contributed by atoms with van der Waals surface area (Å²) >= 11 is 7.80. The van der Waals surface area contributed by atoms with Gasteiger partial charge in [-0.1, -0.05) is 54.1 Å². The van der Waals surface area contributed by atoms with E-state index in [1.807, 2.05) is 42.5 Å². The van der Waals surface area contributed by atoms with E-state index in [9.17, 15) is 4.79 Å². The SMILES string of the molecule is O=C1C(Cl)=C(SCc2ccccc2)c2nc3ccccc3n21. The molecule has 1 aliphatic rings. The smallest absolute Gasteiger partial charge is 0.267 e. The monoisotopic (exact) mass is 326 g/mol. The second-order valence-electron chi connectivity index (χ2n) is 4.98. The van der Waals surface area contributed by atoms with E-state index in [1.54, 1.807) is 16.3 Å². The molecule has 0 atom stereocenters. The summed E-state index contributed by atoms with van der Waals surface area (Å²) < 4.78 is 1.60. The number of para-hydroxylation sites is 2. The first-order valence-electron chi connectivity index (χ1n) is 6.85. The maximum atomic E-state index is 12.4. The second kappa shape index (κ2) is 5.30. The summed E-state index contributed by atoms with van der Waals surface area (Å²) in [7, 11) is 0. The van der Waals surface area contributed by atoms with Gasteiger partial charge in [-0.2, -0.15) is 0 Å². The molecule has 0 bridgehead atoms. The molecule has 3 aromatic rings. The lowest BCUT2D eigenvalue weighted by Gasteiger charge is -2.02.